The fourth-order valence-corrected chi connectivity index (χ4v) is 3.16. The second kappa shape index (κ2) is 6.23. The molecule has 2 aliphatic rings. The maximum absolute atomic E-state index is 11.8. The lowest BCUT2D eigenvalue weighted by atomic mass is 9.99. The van der Waals surface area contributed by atoms with Crippen molar-refractivity contribution in [2.45, 2.75) is 57.2 Å². The fourth-order valence-electron chi connectivity index (χ4n) is 3.16. The van der Waals surface area contributed by atoms with Crippen LogP contribution in [0, 0.1) is 0 Å². The number of piperidine rings is 1. The molecule has 3 N–H and O–H groups in total. The Labute approximate surface area is 113 Å². The van der Waals surface area contributed by atoms with Crippen LogP contribution in [0.3, 0.4) is 0 Å². The van der Waals surface area contributed by atoms with Crippen molar-refractivity contribution >= 4 is 12.0 Å². The van der Waals surface area contributed by atoms with E-state index in [0.29, 0.717) is 6.04 Å². The second-order valence-electron chi connectivity index (χ2n) is 5.61. The van der Waals surface area contributed by atoms with E-state index in [9.17, 15) is 9.59 Å². The van der Waals surface area contributed by atoms with Gasteiger partial charge < -0.3 is 15.7 Å². The number of hydrogen-bond acceptors (Lipinski definition) is 3. The summed E-state index contributed by atoms with van der Waals surface area (Å²) >= 11 is 0. The number of fused-ring (bicyclic) bond motifs is 1. The Balaban J connectivity index is 1.77. The molecule has 0 saturated carbocycles. The fraction of sp³-hybridized carbons (Fsp3) is 0.846. The highest BCUT2D eigenvalue weighted by Gasteiger charge is 2.36. The van der Waals surface area contributed by atoms with Gasteiger partial charge in [0.1, 0.15) is 0 Å². The molecule has 3 atom stereocenters. The molecule has 108 valence electrons. The Morgan fingerprint density at radius 1 is 1.32 bits per heavy atom. The maximum atomic E-state index is 11.8. The van der Waals surface area contributed by atoms with E-state index in [1.165, 1.54) is 12.8 Å². The van der Waals surface area contributed by atoms with Crippen LogP contribution in [-0.4, -0.2) is 53.2 Å². The van der Waals surface area contributed by atoms with Crippen molar-refractivity contribution in [2.75, 3.05) is 13.1 Å². The van der Waals surface area contributed by atoms with Crippen LogP contribution >= 0.6 is 0 Å². The predicted molar refractivity (Wildman–Crippen MR) is 71.0 cm³/mol. The summed E-state index contributed by atoms with van der Waals surface area (Å²) in [5, 5.41) is 14.3. The minimum Gasteiger partial charge on any atom is -0.481 e. The van der Waals surface area contributed by atoms with Gasteiger partial charge in [-0.3, -0.25) is 9.69 Å². The predicted octanol–water partition coefficient (Wildman–Crippen LogP) is 0.776. The molecule has 19 heavy (non-hydrogen) atoms. The van der Waals surface area contributed by atoms with Gasteiger partial charge in [0.15, 0.2) is 0 Å². The minimum absolute atomic E-state index is 0.0480. The molecule has 2 rings (SSSR count). The van der Waals surface area contributed by atoms with Crippen molar-refractivity contribution < 1.29 is 14.7 Å². The lowest BCUT2D eigenvalue weighted by Crippen LogP contribution is -2.51. The van der Waals surface area contributed by atoms with E-state index in [4.69, 9.17) is 5.11 Å². The van der Waals surface area contributed by atoms with Gasteiger partial charge in [0.05, 0.1) is 6.42 Å². The summed E-state index contributed by atoms with van der Waals surface area (Å²) in [6, 6.07) is 0.0825. The van der Waals surface area contributed by atoms with Gasteiger partial charge in [0.25, 0.3) is 0 Å². The van der Waals surface area contributed by atoms with Gasteiger partial charge >= 0.3 is 12.0 Å². The van der Waals surface area contributed by atoms with Gasteiger partial charge in [-0.25, -0.2) is 4.79 Å². The molecule has 0 radical (unpaired) electrons. The van der Waals surface area contributed by atoms with E-state index in [-0.39, 0.29) is 24.5 Å². The number of rotatable bonds is 4. The number of urea groups is 1. The molecule has 2 fully saturated rings. The van der Waals surface area contributed by atoms with Crippen LogP contribution in [0.15, 0.2) is 0 Å². The smallest absolute Gasteiger partial charge is 0.315 e. The molecular weight excluding hydrogens is 246 g/mol. The standard InChI is InChI=1S/C13H23N3O3/c1-9(8-12(17)18)14-13(19)15-10-5-7-16-6-3-2-4-11(10)16/h9-11H,2-8H2,1H3,(H,17,18)(H2,14,15,19). The van der Waals surface area contributed by atoms with E-state index in [1.807, 2.05) is 0 Å². The molecule has 2 heterocycles. The molecule has 0 aromatic heterocycles. The van der Waals surface area contributed by atoms with E-state index in [2.05, 4.69) is 15.5 Å². The first-order valence-electron chi connectivity index (χ1n) is 7.09. The monoisotopic (exact) mass is 269 g/mol. The summed E-state index contributed by atoms with van der Waals surface area (Å²) in [5.74, 6) is -0.896. The average Bonchev–Trinajstić information content (AvgIpc) is 2.71. The van der Waals surface area contributed by atoms with Crippen LogP contribution in [0.1, 0.15) is 39.0 Å². The number of carboxylic acids is 1. The van der Waals surface area contributed by atoms with E-state index in [1.54, 1.807) is 6.92 Å². The molecule has 0 bridgehead atoms. The summed E-state index contributed by atoms with van der Waals surface area (Å²) in [6.45, 7) is 3.90. The number of carboxylic acid groups (broad SMARTS) is 1. The Hall–Kier alpha value is -1.30. The molecule has 0 spiro atoms. The molecular formula is C13H23N3O3. The van der Waals surface area contributed by atoms with Crippen LogP contribution in [-0.2, 0) is 4.79 Å². The van der Waals surface area contributed by atoms with Crippen LogP contribution in [0.2, 0.25) is 0 Å². The first-order valence-corrected chi connectivity index (χ1v) is 7.09. The summed E-state index contributed by atoms with van der Waals surface area (Å²) < 4.78 is 0. The zero-order valence-corrected chi connectivity index (χ0v) is 11.4. The van der Waals surface area contributed by atoms with Crippen LogP contribution in [0.4, 0.5) is 4.79 Å². The van der Waals surface area contributed by atoms with Crippen molar-refractivity contribution in [3.63, 3.8) is 0 Å². The van der Waals surface area contributed by atoms with Crippen molar-refractivity contribution in [3.8, 4) is 0 Å². The Bertz CT molecular complexity index is 348. The Morgan fingerprint density at radius 2 is 2.11 bits per heavy atom. The number of nitrogens with one attached hydrogen (secondary N) is 2. The average molecular weight is 269 g/mol. The third kappa shape index (κ3) is 3.83. The zero-order valence-electron chi connectivity index (χ0n) is 11.4. The first-order chi connectivity index (χ1) is 9.06. The van der Waals surface area contributed by atoms with Gasteiger partial charge in [0, 0.05) is 24.7 Å². The van der Waals surface area contributed by atoms with E-state index in [0.717, 1.165) is 25.9 Å². The third-order valence-electron chi connectivity index (χ3n) is 4.03. The second-order valence-corrected chi connectivity index (χ2v) is 5.61. The molecule has 2 saturated heterocycles. The number of amides is 2. The molecule has 0 aromatic rings. The molecule has 0 aromatic carbocycles. The minimum atomic E-state index is -0.896. The van der Waals surface area contributed by atoms with E-state index >= 15 is 0 Å². The number of carbonyl (C=O) groups is 2. The van der Waals surface area contributed by atoms with Crippen LogP contribution < -0.4 is 10.6 Å². The molecule has 3 unspecified atom stereocenters. The number of aliphatic carboxylic acids is 1. The first kappa shape index (κ1) is 14.1. The molecule has 6 heteroatoms. The summed E-state index contributed by atoms with van der Waals surface area (Å²) in [4.78, 5) is 24.8. The van der Waals surface area contributed by atoms with Crippen molar-refractivity contribution in [1.82, 2.24) is 15.5 Å². The van der Waals surface area contributed by atoms with Crippen molar-refractivity contribution in [3.05, 3.63) is 0 Å². The van der Waals surface area contributed by atoms with Crippen LogP contribution in [0.5, 0.6) is 0 Å². The molecule has 0 aliphatic carbocycles. The highest BCUT2D eigenvalue weighted by atomic mass is 16.4. The van der Waals surface area contributed by atoms with Crippen molar-refractivity contribution in [1.29, 1.82) is 0 Å². The molecule has 2 amide bonds. The zero-order chi connectivity index (χ0) is 13.8. The summed E-state index contributed by atoms with van der Waals surface area (Å²) in [6.07, 6.45) is 4.58. The number of hydrogen-bond donors (Lipinski definition) is 3. The summed E-state index contributed by atoms with van der Waals surface area (Å²) in [5.41, 5.74) is 0. The van der Waals surface area contributed by atoms with Crippen LogP contribution in [0.25, 0.3) is 0 Å². The maximum Gasteiger partial charge on any atom is 0.315 e. The summed E-state index contributed by atoms with van der Waals surface area (Å²) in [7, 11) is 0. The SMILES string of the molecule is CC(CC(=O)O)NC(=O)NC1CCN2CCCCC12. The van der Waals surface area contributed by atoms with Gasteiger partial charge in [0.2, 0.25) is 0 Å². The van der Waals surface area contributed by atoms with Gasteiger partial charge in [-0.05, 0) is 32.7 Å². The Morgan fingerprint density at radius 3 is 2.84 bits per heavy atom. The topological polar surface area (TPSA) is 81.7 Å². The third-order valence-corrected chi connectivity index (χ3v) is 4.03. The normalized spacial score (nSPS) is 28.5. The lowest BCUT2D eigenvalue weighted by Gasteiger charge is -2.32. The Kier molecular flexibility index (Phi) is 4.63. The lowest BCUT2D eigenvalue weighted by molar-refractivity contribution is -0.137. The highest BCUT2D eigenvalue weighted by Crippen LogP contribution is 2.26. The van der Waals surface area contributed by atoms with Gasteiger partial charge in [-0.1, -0.05) is 6.42 Å². The quantitative estimate of drug-likeness (QED) is 0.704. The van der Waals surface area contributed by atoms with Gasteiger partial charge in [-0.15, -0.1) is 0 Å². The van der Waals surface area contributed by atoms with E-state index < -0.39 is 5.97 Å². The largest absolute Gasteiger partial charge is 0.481 e. The van der Waals surface area contributed by atoms with Gasteiger partial charge in [-0.2, -0.15) is 0 Å². The molecule has 2 aliphatic heterocycles. The highest BCUT2D eigenvalue weighted by molar-refractivity contribution is 5.76. The number of carbonyl (C=O) groups excluding carboxylic acids is 1. The molecule has 6 nitrogen and oxygen atoms in total. The number of nitrogens with zero attached hydrogens (tertiary/aromatic N) is 1. The van der Waals surface area contributed by atoms with Crippen molar-refractivity contribution in [2.24, 2.45) is 0 Å².